The van der Waals surface area contributed by atoms with Crippen LogP contribution in [0.25, 0.3) is 0 Å². The van der Waals surface area contributed by atoms with Gasteiger partial charge >= 0.3 is 0 Å². The highest BCUT2D eigenvalue weighted by molar-refractivity contribution is 7.80. The predicted octanol–water partition coefficient (Wildman–Crippen LogP) is 1.46. The average Bonchev–Trinajstić information content (AvgIpc) is 2.91. The first-order valence-electron chi connectivity index (χ1n) is 5.25. The molecule has 2 rings (SSSR count). The molecule has 6 nitrogen and oxygen atoms in total. The van der Waals surface area contributed by atoms with Gasteiger partial charge in [0.05, 0.1) is 5.69 Å². The molecule has 1 amide bonds. The van der Waals surface area contributed by atoms with Gasteiger partial charge in [0.15, 0.2) is 5.69 Å². The maximum Gasteiger partial charge on any atom is 0.277 e. The Morgan fingerprint density at radius 2 is 2.26 bits per heavy atom. The number of hydrogen-bond acceptors (Lipinski definition) is 6. The maximum absolute atomic E-state index is 11.9. The molecule has 0 unspecified atom stereocenters. The number of ether oxygens (including phenoxy) is 1. The van der Waals surface area contributed by atoms with Crippen molar-refractivity contribution in [2.75, 3.05) is 11.9 Å². The Balaban J connectivity index is 2.11. The number of thiocarbonyl (C=S) groups is 1. The zero-order valence-electron chi connectivity index (χ0n) is 9.70. The van der Waals surface area contributed by atoms with Crippen LogP contribution in [0.1, 0.15) is 10.5 Å². The van der Waals surface area contributed by atoms with Gasteiger partial charge in [-0.25, -0.2) is 0 Å². The van der Waals surface area contributed by atoms with Gasteiger partial charge in [0.2, 0.25) is 0 Å². The quantitative estimate of drug-likeness (QED) is 0.811. The molecule has 2 aromatic rings. The van der Waals surface area contributed by atoms with Crippen molar-refractivity contribution in [3.8, 4) is 5.75 Å². The van der Waals surface area contributed by atoms with E-state index in [4.69, 9.17) is 22.7 Å². The minimum Gasteiger partial charge on any atom is -0.484 e. The van der Waals surface area contributed by atoms with Crippen LogP contribution in [0.15, 0.2) is 29.6 Å². The smallest absolute Gasteiger partial charge is 0.277 e. The number of anilines is 1. The molecule has 0 saturated carbocycles. The first-order valence-corrected chi connectivity index (χ1v) is 6.50. The fraction of sp³-hybridized carbons (Fsp3) is 0.0909. The minimum atomic E-state index is -0.347. The standard InChI is InChI=1S/C11H10N4O2S2/c12-10(18)5-17-9-4-2-1-3-7(9)13-11(16)8-6-19-15-14-8/h1-4,6H,5H2,(H2,12,18)(H,13,16). The monoisotopic (exact) mass is 294 g/mol. The zero-order valence-corrected chi connectivity index (χ0v) is 11.3. The van der Waals surface area contributed by atoms with Crippen molar-refractivity contribution in [3.63, 3.8) is 0 Å². The van der Waals surface area contributed by atoms with Gasteiger partial charge in [0.25, 0.3) is 5.91 Å². The van der Waals surface area contributed by atoms with Crippen molar-refractivity contribution >= 4 is 40.3 Å². The molecule has 8 heteroatoms. The molecule has 0 aliphatic rings. The topological polar surface area (TPSA) is 90.1 Å². The zero-order chi connectivity index (χ0) is 13.7. The van der Waals surface area contributed by atoms with E-state index in [0.29, 0.717) is 11.4 Å². The number of carbonyl (C=O) groups excluding carboxylic acids is 1. The van der Waals surface area contributed by atoms with Gasteiger partial charge in [-0.05, 0) is 23.7 Å². The summed E-state index contributed by atoms with van der Waals surface area (Å²) in [6, 6.07) is 7.00. The lowest BCUT2D eigenvalue weighted by molar-refractivity contribution is 0.102. The van der Waals surface area contributed by atoms with Crippen LogP contribution in [0.4, 0.5) is 5.69 Å². The second-order valence-electron chi connectivity index (χ2n) is 3.50. The number of rotatable bonds is 5. The van der Waals surface area contributed by atoms with Crippen molar-refractivity contribution in [2.24, 2.45) is 5.73 Å². The van der Waals surface area contributed by atoms with Gasteiger partial charge in [-0.1, -0.05) is 28.8 Å². The van der Waals surface area contributed by atoms with E-state index in [-0.39, 0.29) is 23.2 Å². The second kappa shape index (κ2) is 6.21. The molecule has 0 spiro atoms. The molecule has 1 heterocycles. The van der Waals surface area contributed by atoms with E-state index in [2.05, 4.69) is 14.9 Å². The molecule has 3 N–H and O–H groups in total. The van der Waals surface area contributed by atoms with Crippen LogP contribution in [-0.4, -0.2) is 27.1 Å². The van der Waals surface area contributed by atoms with Crippen molar-refractivity contribution in [2.45, 2.75) is 0 Å². The number of nitrogens with two attached hydrogens (primary N) is 1. The molecule has 0 radical (unpaired) electrons. The first kappa shape index (κ1) is 13.4. The van der Waals surface area contributed by atoms with Crippen LogP contribution in [0.3, 0.4) is 0 Å². The first-order chi connectivity index (χ1) is 9.16. The highest BCUT2D eigenvalue weighted by Gasteiger charge is 2.12. The van der Waals surface area contributed by atoms with Gasteiger partial charge in [0.1, 0.15) is 17.3 Å². The van der Waals surface area contributed by atoms with E-state index in [1.807, 2.05) is 0 Å². The minimum absolute atomic E-state index is 0.112. The summed E-state index contributed by atoms with van der Waals surface area (Å²) in [5.74, 6) is 0.145. The Morgan fingerprint density at radius 3 is 2.95 bits per heavy atom. The van der Waals surface area contributed by atoms with Gasteiger partial charge in [-0.2, -0.15) is 0 Å². The Labute approximate surface area is 118 Å². The largest absolute Gasteiger partial charge is 0.484 e. The lowest BCUT2D eigenvalue weighted by Crippen LogP contribution is -2.19. The summed E-state index contributed by atoms with van der Waals surface area (Å²) in [5, 5.41) is 7.95. The third kappa shape index (κ3) is 3.70. The number of amides is 1. The van der Waals surface area contributed by atoms with Gasteiger partial charge in [-0.15, -0.1) is 5.10 Å². The molecular formula is C11H10N4O2S2. The number of para-hydroxylation sites is 2. The van der Waals surface area contributed by atoms with Gasteiger partial charge < -0.3 is 15.8 Å². The van der Waals surface area contributed by atoms with Crippen LogP contribution in [0.2, 0.25) is 0 Å². The molecule has 0 saturated heterocycles. The number of benzene rings is 1. The Hall–Kier alpha value is -2.06. The summed E-state index contributed by atoms with van der Waals surface area (Å²) in [6.07, 6.45) is 0. The molecule has 0 fully saturated rings. The molecule has 19 heavy (non-hydrogen) atoms. The van der Waals surface area contributed by atoms with E-state index < -0.39 is 0 Å². The van der Waals surface area contributed by atoms with E-state index in [9.17, 15) is 4.79 Å². The third-order valence-corrected chi connectivity index (χ3v) is 2.72. The van der Waals surface area contributed by atoms with E-state index in [1.54, 1.807) is 29.6 Å². The molecular weight excluding hydrogens is 284 g/mol. The Bertz CT molecular complexity index is 586. The Kier molecular flexibility index (Phi) is 4.37. The third-order valence-electron chi connectivity index (χ3n) is 2.10. The predicted molar refractivity (Wildman–Crippen MR) is 76.6 cm³/mol. The average molecular weight is 294 g/mol. The summed E-state index contributed by atoms with van der Waals surface area (Å²) in [6.45, 7) is 0.112. The number of nitrogens with zero attached hydrogens (tertiary/aromatic N) is 2. The number of carbonyl (C=O) groups is 1. The number of hydrogen-bond donors (Lipinski definition) is 2. The highest BCUT2D eigenvalue weighted by atomic mass is 32.1. The van der Waals surface area contributed by atoms with Crippen LogP contribution in [0, 0.1) is 0 Å². The summed E-state index contributed by atoms with van der Waals surface area (Å²) >= 11 is 5.85. The summed E-state index contributed by atoms with van der Waals surface area (Å²) in [4.78, 5) is 12.1. The van der Waals surface area contributed by atoms with Crippen LogP contribution >= 0.6 is 23.8 Å². The van der Waals surface area contributed by atoms with Crippen molar-refractivity contribution in [1.82, 2.24) is 9.59 Å². The van der Waals surface area contributed by atoms with Gasteiger partial charge in [-0.3, -0.25) is 4.79 Å². The highest BCUT2D eigenvalue weighted by Crippen LogP contribution is 2.24. The Morgan fingerprint density at radius 1 is 1.47 bits per heavy atom. The van der Waals surface area contributed by atoms with E-state index in [0.717, 1.165) is 11.5 Å². The molecule has 0 aliphatic carbocycles. The van der Waals surface area contributed by atoms with E-state index in [1.165, 1.54) is 0 Å². The van der Waals surface area contributed by atoms with E-state index >= 15 is 0 Å². The summed E-state index contributed by atoms with van der Waals surface area (Å²) < 4.78 is 9.04. The fourth-order valence-corrected chi connectivity index (χ4v) is 1.79. The normalized spacial score (nSPS) is 9.89. The van der Waals surface area contributed by atoms with Crippen molar-refractivity contribution in [3.05, 3.63) is 35.3 Å². The lowest BCUT2D eigenvalue weighted by Gasteiger charge is -2.11. The maximum atomic E-state index is 11.9. The van der Waals surface area contributed by atoms with Crippen molar-refractivity contribution < 1.29 is 9.53 Å². The van der Waals surface area contributed by atoms with Crippen LogP contribution < -0.4 is 15.8 Å². The van der Waals surface area contributed by atoms with Gasteiger partial charge in [0, 0.05) is 5.38 Å². The lowest BCUT2D eigenvalue weighted by atomic mass is 10.3. The van der Waals surface area contributed by atoms with Crippen LogP contribution in [0.5, 0.6) is 5.75 Å². The number of aromatic nitrogens is 2. The van der Waals surface area contributed by atoms with Crippen molar-refractivity contribution in [1.29, 1.82) is 0 Å². The summed E-state index contributed by atoms with van der Waals surface area (Å²) in [5.41, 5.74) is 6.15. The molecule has 98 valence electrons. The molecule has 1 aromatic carbocycles. The molecule has 0 aliphatic heterocycles. The molecule has 0 atom stereocenters. The SMILES string of the molecule is NC(=S)COc1ccccc1NC(=O)c1csnn1. The number of nitrogens with one attached hydrogen (secondary N) is 1. The van der Waals surface area contributed by atoms with Crippen LogP contribution in [-0.2, 0) is 0 Å². The fourth-order valence-electron chi connectivity index (χ4n) is 1.29. The second-order valence-corrected chi connectivity index (χ2v) is 4.63. The summed E-state index contributed by atoms with van der Waals surface area (Å²) in [7, 11) is 0. The molecule has 1 aromatic heterocycles. The molecule has 0 bridgehead atoms.